The molecule has 0 spiro atoms. The lowest BCUT2D eigenvalue weighted by Gasteiger charge is -2.19. The van der Waals surface area contributed by atoms with Crippen molar-refractivity contribution in [3.05, 3.63) is 34.9 Å². The summed E-state index contributed by atoms with van der Waals surface area (Å²) in [7, 11) is 0. The molecule has 0 fully saturated rings. The lowest BCUT2D eigenvalue weighted by molar-refractivity contribution is -0.119. The van der Waals surface area contributed by atoms with Crippen LogP contribution >= 0.6 is 0 Å². The van der Waals surface area contributed by atoms with Gasteiger partial charge in [-0.1, -0.05) is 18.2 Å². The number of fused-ring (bicyclic) bond motifs is 1. The topological polar surface area (TPSA) is 29.1 Å². The number of aryl methyl sites for hydroxylation is 2. The van der Waals surface area contributed by atoms with E-state index in [1.54, 1.807) is 6.92 Å². The van der Waals surface area contributed by atoms with Gasteiger partial charge in [-0.2, -0.15) is 0 Å². The van der Waals surface area contributed by atoms with Crippen molar-refractivity contribution in [2.24, 2.45) is 0 Å². The predicted octanol–water partition coefficient (Wildman–Crippen LogP) is 2.76. The standard InChI is InChI=1S/C14H19NO/c1-10(15-11(2)16)13-8-7-12-5-3-4-6-14(12)9-13/h7-10H,3-6H2,1-2H3,(H,15,16)/t10-/m0/s1. The molecule has 86 valence electrons. The van der Waals surface area contributed by atoms with E-state index in [2.05, 4.69) is 23.5 Å². The summed E-state index contributed by atoms with van der Waals surface area (Å²) in [6.45, 7) is 3.60. The Hall–Kier alpha value is -1.31. The van der Waals surface area contributed by atoms with Crippen LogP contribution in [0, 0.1) is 0 Å². The van der Waals surface area contributed by atoms with Crippen molar-refractivity contribution < 1.29 is 4.79 Å². The van der Waals surface area contributed by atoms with Crippen molar-refractivity contribution in [2.75, 3.05) is 0 Å². The van der Waals surface area contributed by atoms with Gasteiger partial charge in [-0.05, 0) is 49.3 Å². The molecule has 0 heterocycles. The first-order chi connectivity index (χ1) is 7.66. The van der Waals surface area contributed by atoms with Crippen molar-refractivity contribution in [2.45, 2.75) is 45.6 Å². The van der Waals surface area contributed by atoms with Crippen LogP contribution in [0.25, 0.3) is 0 Å². The third-order valence-electron chi connectivity index (χ3n) is 3.29. The third kappa shape index (κ3) is 2.43. The van der Waals surface area contributed by atoms with E-state index in [1.807, 2.05) is 6.92 Å². The van der Waals surface area contributed by atoms with Crippen molar-refractivity contribution >= 4 is 5.91 Å². The number of rotatable bonds is 2. The monoisotopic (exact) mass is 217 g/mol. The van der Waals surface area contributed by atoms with Gasteiger partial charge in [-0.15, -0.1) is 0 Å². The number of nitrogens with one attached hydrogen (secondary N) is 1. The Labute approximate surface area is 97.1 Å². The Morgan fingerprint density at radius 2 is 1.94 bits per heavy atom. The van der Waals surface area contributed by atoms with Crippen LogP contribution < -0.4 is 5.32 Å². The summed E-state index contributed by atoms with van der Waals surface area (Å²) in [5.41, 5.74) is 4.18. The normalized spacial score (nSPS) is 16.4. The third-order valence-corrected chi connectivity index (χ3v) is 3.29. The molecule has 0 aromatic heterocycles. The number of benzene rings is 1. The number of hydrogen-bond donors (Lipinski definition) is 1. The van der Waals surface area contributed by atoms with E-state index in [-0.39, 0.29) is 11.9 Å². The Kier molecular flexibility index (Phi) is 3.28. The average Bonchev–Trinajstić information content (AvgIpc) is 2.27. The summed E-state index contributed by atoms with van der Waals surface area (Å²) >= 11 is 0. The highest BCUT2D eigenvalue weighted by atomic mass is 16.1. The van der Waals surface area contributed by atoms with Crippen LogP contribution in [-0.4, -0.2) is 5.91 Å². The largest absolute Gasteiger partial charge is 0.350 e. The minimum atomic E-state index is 0.0326. The van der Waals surface area contributed by atoms with Crippen molar-refractivity contribution in [1.82, 2.24) is 5.32 Å². The molecule has 16 heavy (non-hydrogen) atoms. The highest BCUT2D eigenvalue weighted by molar-refractivity contribution is 5.73. The fourth-order valence-corrected chi connectivity index (χ4v) is 2.41. The van der Waals surface area contributed by atoms with E-state index in [1.165, 1.54) is 42.4 Å². The molecule has 1 aromatic rings. The molecule has 1 aromatic carbocycles. The van der Waals surface area contributed by atoms with E-state index in [0.717, 1.165) is 0 Å². The molecule has 1 amide bonds. The Morgan fingerprint density at radius 3 is 2.62 bits per heavy atom. The van der Waals surface area contributed by atoms with Crippen molar-refractivity contribution in [3.63, 3.8) is 0 Å². The van der Waals surface area contributed by atoms with E-state index < -0.39 is 0 Å². The second-order valence-electron chi connectivity index (χ2n) is 4.66. The number of amides is 1. The summed E-state index contributed by atoms with van der Waals surface area (Å²) in [5, 5.41) is 2.93. The Balaban J connectivity index is 2.19. The lowest BCUT2D eigenvalue weighted by atomic mass is 9.89. The van der Waals surface area contributed by atoms with Gasteiger partial charge in [-0.3, -0.25) is 4.79 Å². The maximum absolute atomic E-state index is 11.0. The highest BCUT2D eigenvalue weighted by Gasteiger charge is 2.12. The van der Waals surface area contributed by atoms with Gasteiger partial charge < -0.3 is 5.32 Å². The van der Waals surface area contributed by atoms with Gasteiger partial charge in [0.05, 0.1) is 6.04 Å². The number of carbonyl (C=O) groups excluding carboxylic acids is 1. The molecule has 2 rings (SSSR count). The van der Waals surface area contributed by atoms with Crippen molar-refractivity contribution in [3.8, 4) is 0 Å². The van der Waals surface area contributed by atoms with Gasteiger partial charge in [-0.25, -0.2) is 0 Å². The number of hydrogen-bond acceptors (Lipinski definition) is 1. The highest BCUT2D eigenvalue weighted by Crippen LogP contribution is 2.24. The van der Waals surface area contributed by atoms with Crippen LogP contribution in [0.4, 0.5) is 0 Å². The molecule has 0 unspecified atom stereocenters. The van der Waals surface area contributed by atoms with E-state index >= 15 is 0 Å². The lowest BCUT2D eigenvalue weighted by Crippen LogP contribution is -2.23. The predicted molar refractivity (Wildman–Crippen MR) is 65.3 cm³/mol. The van der Waals surface area contributed by atoms with Gasteiger partial charge in [0.15, 0.2) is 0 Å². The first-order valence-electron chi connectivity index (χ1n) is 6.05. The zero-order chi connectivity index (χ0) is 11.5. The van der Waals surface area contributed by atoms with Crippen LogP contribution in [0.3, 0.4) is 0 Å². The first-order valence-corrected chi connectivity index (χ1v) is 6.05. The second-order valence-corrected chi connectivity index (χ2v) is 4.66. The molecule has 0 bridgehead atoms. The zero-order valence-corrected chi connectivity index (χ0v) is 10.0. The first kappa shape index (κ1) is 11.2. The molecule has 0 radical (unpaired) electrons. The van der Waals surface area contributed by atoms with Gasteiger partial charge in [0.25, 0.3) is 0 Å². The summed E-state index contributed by atoms with van der Waals surface area (Å²) in [6, 6.07) is 6.74. The fraction of sp³-hybridized carbons (Fsp3) is 0.500. The molecule has 0 aliphatic heterocycles. The Bertz CT molecular complexity index is 398. The zero-order valence-electron chi connectivity index (χ0n) is 10.0. The van der Waals surface area contributed by atoms with E-state index in [0.29, 0.717) is 0 Å². The molecule has 2 heteroatoms. The molecule has 2 nitrogen and oxygen atoms in total. The molecule has 1 N–H and O–H groups in total. The quantitative estimate of drug-likeness (QED) is 0.811. The fourth-order valence-electron chi connectivity index (χ4n) is 2.41. The average molecular weight is 217 g/mol. The van der Waals surface area contributed by atoms with Crippen molar-refractivity contribution in [1.29, 1.82) is 0 Å². The maximum Gasteiger partial charge on any atom is 0.217 e. The van der Waals surface area contributed by atoms with Gasteiger partial charge >= 0.3 is 0 Å². The maximum atomic E-state index is 11.0. The molecule has 1 aliphatic rings. The van der Waals surface area contributed by atoms with Gasteiger partial charge in [0, 0.05) is 6.92 Å². The summed E-state index contributed by atoms with van der Waals surface area (Å²) in [4.78, 5) is 11.0. The SMILES string of the molecule is CC(=O)N[C@@H](C)c1ccc2c(c1)CCCC2. The summed E-state index contributed by atoms with van der Waals surface area (Å²) < 4.78 is 0. The van der Waals surface area contributed by atoms with Crippen LogP contribution in [-0.2, 0) is 17.6 Å². The molecular formula is C14H19NO. The van der Waals surface area contributed by atoms with E-state index in [9.17, 15) is 4.79 Å². The van der Waals surface area contributed by atoms with Crippen LogP contribution in [0.15, 0.2) is 18.2 Å². The van der Waals surface area contributed by atoms with Gasteiger partial charge in [0.2, 0.25) is 5.91 Å². The molecular weight excluding hydrogens is 198 g/mol. The Morgan fingerprint density at radius 1 is 1.25 bits per heavy atom. The van der Waals surface area contributed by atoms with Crippen LogP contribution in [0.1, 0.15) is 49.4 Å². The van der Waals surface area contributed by atoms with Gasteiger partial charge in [0.1, 0.15) is 0 Å². The summed E-state index contributed by atoms with van der Waals surface area (Å²) in [6.07, 6.45) is 5.01. The molecule has 1 atom stereocenters. The van der Waals surface area contributed by atoms with Crippen LogP contribution in [0.5, 0.6) is 0 Å². The number of carbonyl (C=O) groups is 1. The van der Waals surface area contributed by atoms with E-state index in [4.69, 9.17) is 0 Å². The summed E-state index contributed by atoms with van der Waals surface area (Å²) in [5.74, 6) is 0.0326. The van der Waals surface area contributed by atoms with Crippen LogP contribution in [0.2, 0.25) is 0 Å². The molecule has 0 saturated heterocycles. The molecule has 1 aliphatic carbocycles. The second kappa shape index (κ2) is 4.69. The molecule has 0 saturated carbocycles. The minimum Gasteiger partial charge on any atom is -0.350 e. The smallest absolute Gasteiger partial charge is 0.217 e. The minimum absolute atomic E-state index is 0.0326.